The molecule has 1 saturated carbocycles. The molecule has 1 aromatic carbocycles. The third-order valence-corrected chi connectivity index (χ3v) is 5.27. The number of benzene rings is 1. The first-order valence-corrected chi connectivity index (χ1v) is 9.33. The Morgan fingerprint density at radius 2 is 1.88 bits per heavy atom. The van der Waals surface area contributed by atoms with Crippen molar-refractivity contribution < 1.29 is 4.52 Å². The maximum atomic E-state index is 6.46. The monoisotopic (exact) mass is 371 g/mol. The maximum absolute atomic E-state index is 6.46. The van der Waals surface area contributed by atoms with Crippen molar-refractivity contribution in [2.75, 3.05) is 0 Å². The number of halogens is 1. The van der Waals surface area contributed by atoms with E-state index in [1.165, 1.54) is 0 Å². The van der Waals surface area contributed by atoms with E-state index in [-0.39, 0.29) is 5.92 Å². The van der Waals surface area contributed by atoms with E-state index >= 15 is 0 Å². The van der Waals surface area contributed by atoms with Crippen molar-refractivity contribution >= 4 is 11.6 Å². The van der Waals surface area contributed by atoms with Gasteiger partial charge in [0.1, 0.15) is 0 Å². The molecule has 7 heteroatoms. The number of nitrogens with zero attached hydrogens (tertiary/aromatic N) is 4. The third-order valence-electron chi connectivity index (χ3n) is 5.02. The molecule has 0 spiro atoms. The summed E-state index contributed by atoms with van der Waals surface area (Å²) in [5.74, 6) is 1.29. The fraction of sp³-hybridized carbons (Fsp3) is 0.421. The lowest BCUT2D eigenvalue weighted by Crippen LogP contribution is -2.34. The average Bonchev–Trinajstić information content (AvgIpc) is 3.34. The molecule has 1 aliphatic carbocycles. The molecule has 1 fully saturated rings. The van der Waals surface area contributed by atoms with Crippen LogP contribution >= 0.6 is 11.6 Å². The van der Waals surface area contributed by atoms with E-state index in [9.17, 15) is 0 Å². The smallest absolute Gasteiger partial charge is 0.261 e. The Kier molecular flexibility index (Phi) is 4.32. The Morgan fingerprint density at radius 3 is 2.54 bits per heavy atom. The molecule has 0 radical (unpaired) electrons. The average molecular weight is 372 g/mol. The minimum absolute atomic E-state index is 0.219. The highest BCUT2D eigenvalue weighted by atomic mass is 35.5. The van der Waals surface area contributed by atoms with Crippen LogP contribution in [-0.4, -0.2) is 19.9 Å². The van der Waals surface area contributed by atoms with Crippen LogP contribution in [0, 0.1) is 0 Å². The molecule has 3 aromatic rings. The Bertz CT molecular complexity index is 906. The van der Waals surface area contributed by atoms with Gasteiger partial charge in [0.05, 0.1) is 28.7 Å². The highest BCUT2D eigenvalue weighted by molar-refractivity contribution is 6.30. The van der Waals surface area contributed by atoms with Crippen LogP contribution in [0.5, 0.6) is 0 Å². The predicted molar refractivity (Wildman–Crippen MR) is 100 cm³/mol. The van der Waals surface area contributed by atoms with Crippen molar-refractivity contribution in [2.45, 2.75) is 51.0 Å². The first-order chi connectivity index (χ1) is 12.5. The van der Waals surface area contributed by atoms with Crippen molar-refractivity contribution in [3.05, 3.63) is 47.0 Å². The molecule has 26 heavy (non-hydrogen) atoms. The van der Waals surface area contributed by atoms with Crippen LogP contribution in [-0.2, 0) is 5.54 Å². The van der Waals surface area contributed by atoms with Crippen molar-refractivity contribution in [3.8, 4) is 17.1 Å². The normalized spacial score (nSPS) is 16.5. The van der Waals surface area contributed by atoms with Crippen LogP contribution in [0.25, 0.3) is 17.1 Å². The third kappa shape index (κ3) is 2.93. The molecule has 0 aliphatic heterocycles. The van der Waals surface area contributed by atoms with Gasteiger partial charge in [0.15, 0.2) is 5.82 Å². The first kappa shape index (κ1) is 17.2. The lowest BCUT2D eigenvalue weighted by molar-refractivity contribution is 0.372. The fourth-order valence-electron chi connectivity index (χ4n) is 3.63. The molecule has 0 atom stereocenters. The zero-order valence-electron chi connectivity index (χ0n) is 14.9. The van der Waals surface area contributed by atoms with Gasteiger partial charge >= 0.3 is 0 Å². The van der Waals surface area contributed by atoms with Gasteiger partial charge in [0, 0.05) is 5.02 Å². The zero-order chi connectivity index (χ0) is 18.3. The summed E-state index contributed by atoms with van der Waals surface area (Å²) >= 11 is 6.01. The maximum Gasteiger partial charge on any atom is 0.261 e. The second-order valence-electron chi connectivity index (χ2n) is 7.27. The lowest BCUT2D eigenvalue weighted by atomic mass is 9.98. The van der Waals surface area contributed by atoms with Gasteiger partial charge in [-0.1, -0.05) is 43.4 Å². The highest BCUT2D eigenvalue weighted by Gasteiger charge is 2.36. The summed E-state index contributed by atoms with van der Waals surface area (Å²) in [6.45, 7) is 4.23. The van der Waals surface area contributed by atoms with E-state index in [1.807, 2.05) is 28.9 Å². The van der Waals surface area contributed by atoms with Crippen LogP contribution in [0.2, 0.25) is 5.02 Å². The number of rotatable bonds is 4. The predicted octanol–water partition coefficient (Wildman–Crippen LogP) is 4.43. The van der Waals surface area contributed by atoms with E-state index < -0.39 is 5.54 Å². The van der Waals surface area contributed by atoms with E-state index in [0.29, 0.717) is 16.7 Å². The van der Waals surface area contributed by atoms with Gasteiger partial charge in [0.25, 0.3) is 5.89 Å². The molecule has 2 N–H and O–H groups in total. The SMILES string of the molecule is CC(C)c1c(-c2nc(C3(N)CCCC3)no2)cnn1-c1ccc(Cl)cc1. The van der Waals surface area contributed by atoms with E-state index in [0.717, 1.165) is 42.6 Å². The van der Waals surface area contributed by atoms with Gasteiger partial charge in [-0.15, -0.1) is 0 Å². The number of hydrogen-bond donors (Lipinski definition) is 1. The van der Waals surface area contributed by atoms with Gasteiger partial charge < -0.3 is 10.3 Å². The van der Waals surface area contributed by atoms with Crippen LogP contribution in [0.1, 0.15) is 57.0 Å². The summed E-state index contributed by atoms with van der Waals surface area (Å²) in [6, 6.07) is 7.59. The molecule has 6 nitrogen and oxygen atoms in total. The van der Waals surface area contributed by atoms with Crippen LogP contribution in [0.4, 0.5) is 0 Å². The van der Waals surface area contributed by atoms with E-state index in [1.54, 1.807) is 6.20 Å². The van der Waals surface area contributed by atoms with Gasteiger partial charge in [-0.3, -0.25) is 0 Å². The van der Waals surface area contributed by atoms with Crippen molar-refractivity contribution in [3.63, 3.8) is 0 Å². The van der Waals surface area contributed by atoms with Crippen LogP contribution in [0.15, 0.2) is 35.0 Å². The molecule has 0 unspecified atom stereocenters. The molecule has 0 amide bonds. The number of hydrogen-bond acceptors (Lipinski definition) is 5. The molecular weight excluding hydrogens is 350 g/mol. The van der Waals surface area contributed by atoms with Crippen molar-refractivity contribution in [1.82, 2.24) is 19.9 Å². The molecule has 136 valence electrons. The lowest BCUT2D eigenvalue weighted by Gasteiger charge is -2.17. The van der Waals surface area contributed by atoms with E-state index in [2.05, 4.69) is 29.1 Å². The summed E-state index contributed by atoms with van der Waals surface area (Å²) < 4.78 is 7.47. The second-order valence-corrected chi connectivity index (χ2v) is 7.71. The summed E-state index contributed by atoms with van der Waals surface area (Å²) in [5.41, 5.74) is 8.79. The minimum atomic E-state index is -0.466. The van der Waals surface area contributed by atoms with Gasteiger partial charge in [-0.25, -0.2) is 4.68 Å². The second kappa shape index (κ2) is 6.52. The van der Waals surface area contributed by atoms with Gasteiger partial charge in [0.2, 0.25) is 0 Å². The fourth-order valence-corrected chi connectivity index (χ4v) is 3.76. The molecule has 2 aromatic heterocycles. The standard InChI is InChI=1S/C19H22ClN5O/c1-12(2)16-15(11-22-25(16)14-7-5-13(20)6-8-14)17-23-18(24-26-17)19(21)9-3-4-10-19/h5-8,11-12H,3-4,9-10,21H2,1-2H3. The first-order valence-electron chi connectivity index (χ1n) is 8.95. The molecule has 0 bridgehead atoms. The topological polar surface area (TPSA) is 82.8 Å². The van der Waals surface area contributed by atoms with E-state index in [4.69, 9.17) is 21.9 Å². The van der Waals surface area contributed by atoms with Gasteiger partial charge in [-0.05, 0) is 43.0 Å². The highest BCUT2D eigenvalue weighted by Crippen LogP contribution is 2.36. The zero-order valence-corrected chi connectivity index (χ0v) is 15.7. The summed E-state index contributed by atoms with van der Waals surface area (Å²) in [5, 5.41) is 9.42. The van der Waals surface area contributed by atoms with Crippen LogP contribution < -0.4 is 5.73 Å². The largest absolute Gasteiger partial charge is 0.334 e. The minimum Gasteiger partial charge on any atom is -0.334 e. The molecule has 1 aliphatic rings. The molecule has 0 saturated heterocycles. The Balaban J connectivity index is 1.76. The summed E-state index contributed by atoms with van der Waals surface area (Å²) in [7, 11) is 0. The number of nitrogens with two attached hydrogens (primary N) is 1. The quantitative estimate of drug-likeness (QED) is 0.733. The Hall–Kier alpha value is -2.18. The van der Waals surface area contributed by atoms with Crippen molar-refractivity contribution in [1.29, 1.82) is 0 Å². The summed E-state index contributed by atoms with van der Waals surface area (Å²) in [6.07, 6.45) is 5.78. The van der Waals surface area contributed by atoms with Crippen molar-refractivity contribution in [2.24, 2.45) is 5.73 Å². The van der Waals surface area contributed by atoms with Gasteiger partial charge in [-0.2, -0.15) is 10.1 Å². The Labute approximate surface area is 157 Å². The Morgan fingerprint density at radius 1 is 1.19 bits per heavy atom. The van der Waals surface area contributed by atoms with Crippen LogP contribution in [0.3, 0.4) is 0 Å². The number of aromatic nitrogens is 4. The molecule has 4 rings (SSSR count). The molecular formula is C19H22ClN5O. The molecule has 2 heterocycles. The summed E-state index contributed by atoms with van der Waals surface area (Å²) in [4.78, 5) is 4.62.